The lowest BCUT2D eigenvalue weighted by Gasteiger charge is -2.15. The molecule has 2 aliphatic carbocycles. The van der Waals surface area contributed by atoms with E-state index in [0.29, 0.717) is 12.5 Å². The predicted molar refractivity (Wildman–Crippen MR) is 114 cm³/mol. The summed E-state index contributed by atoms with van der Waals surface area (Å²) in [5, 5.41) is 4.18. The maximum Gasteiger partial charge on any atom is 0.244 e. The Kier molecular flexibility index (Phi) is 5.54. The van der Waals surface area contributed by atoms with Gasteiger partial charge in [-0.1, -0.05) is 60.0 Å². The molecule has 0 radical (unpaired) electrons. The molecule has 0 bridgehead atoms. The van der Waals surface area contributed by atoms with E-state index in [0.717, 1.165) is 27.8 Å². The topological polar surface area (TPSA) is 50.7 Å². The number of amides is 1. The van der Waals surface area contributed by atoms with Crippen molar-refractivity contribution in [3.05, 3.63) is 64.1 Å². The van der Waals surface area contributed by atoms with Crippen molar-refractivity contribution in [2.75, 3.05) is 0 Å². The number of hydrazone groups is 1. The summed E-state index contributed by atoms with van der Waals surface area (Å²) in [7, 11) is 0. The molecule has 5 heteroatoms. The Morgan fingerprint density at radius 2 is 2.11 bits per heavy atom. The van der Waals surface area contributed by atoms with Gasteiger partial charge in [-0.15, -0.1) is 0 Å². The lowest BCUT2D eigenvalue weighted by atomic mass is 9.90. The first-order valence-corrected chi connectivity index (χ1v) is 10.7. The van der Waals surface area contributed by atoms with Crippen LogP contribution in [0, 0.1) is 17.3 Å². The van der Waals surface area contributed by atoms with Crippen molar-refractivity contribution in [1.82, 2.24) is 5.43 Å². The van der Waals surface area contributed by atoms with Crippen LogP contribution in [-0.2, 0) is 11.4 Å². The first-order valence-electron chi connectivity index (χ1n) is 9.86. The number of nitrogens with zero attached hydrogens (tertiary/aromatic N) is 1. The summed E-state index contributed by atoms with van der Waals surface area (Å²) in [5.74, 6) is 1.52. The largest absolute Gasteiger partial charge is 0.489 e. The molecule has 0 saturated heterocycles. The summed E-state index contributed by atoms with van der Waals surface area (Å²) >= 11 is 3.43. The van der Waals surface area contributed by atoms with Crippen molar-refractivity contribution < 1.29 is 9.53 Å². The molecule has 2 aliphatic rings. The van der Waals surface area contributed by atoms with Crippen LogP contribution < -0.4 is 10.2 Å². The van der Waals surface area contributed by atoms with Crippen LogP contribution in [0.1, 0.15) is 43.7 Å². The number of hydrogen-bond donors (Lipinski definition) is 1. The van der Waals surface area contributed by atoms with Crippen LogP contribution in [0.5, 0.6) is 5.75 Å². The van der Waals surface area contributed by atoms with Crippen LogP contribution in [0.4, 0.5) is 0 Å². The Balaban J connectivity index is 1.30. The number of nitrogens with one attached hydrogen (secondary N) is 1. The van der Waals surface area contributed by atoms with Crippen LogP contribution >= 0.6 is 15.9 Å². The summed E-state index contributed by atoms with van der Waals surface area (Å²) in [4.78, 5) is 12.5. The molecule has 1 N–H and O–H groups in total. The van der Waals surface area contributed by atoms with Crippen LogP contribution in [0.3, 0.4) is 0 Å². The zero-order chi connectivity index (χ0) is 19.6. The van der Waals surface area contributed by atoms with E-state index in [1.807, 2.05) is 48.5 Å². The smallest absolute Gasteiger partial charge is 0.244 e. The van der Waals surface area contributed by atoms with Gasteiger partial charge in [0.25, 0.3) is 0 Å². The van der Waals surface area contributed by atoms with Gasteiger partial charge in [-0.05, 0) is 59.6 Å². The molecule has 1 amide bonds. The fourth-order valence-corrected chi connectivity index (χ4v) is 4.79. The monoisotopic (exact) mass is 440 g/mol. The van der Waals surface area contributed by atoms with Gasteiger partial charge in [0.05, 0.1) is 6.21 Å². The minimum absolute atomic E-state index is 0.0632. The number of benzene rings is 2. The van der Waals surface area contributed by atoms with E-state index in [1.54, 1.807) is 6.21 Å². The molecule has 2 aromatic carbocycles. The molecule has 3 atom stereocenters. The molecule has 2 saturated carbocycles. The average Bonchev–Trinajstić information content (AvgIpc) is 3.33. The van der Waals surface area contributed by atoms with Gasteiger partial charge in [-0.25, -0.2) is 5.43 Å². The van der Waals surface area contributed by atoms with Gasteiger partial charge in [0, 0.05) is 10.4 Å². The summed E-state index contributed by atoms with van der Waals surface area (Å²) < 4.78 is 6.91. The number of carbonyl (C=O) groups excluding carboxylic acids is 1. The van der Waals surface area contributed by atoms with Crippen LogP contribution in [0.15, 0.2) is 58.1 Å². The third-order valence-electron chi connectivity index (χ3n) is 6.18. The highest BCUT2D eigenvalue weighted by Gasteiger charge is 2.64. The molecule has 0 spiro atoms. The predicted octanol–water partition coefficient (Wildman–Crippen LogP) is 5.30. The number of hydrogen-bond acceptors (Lipinski definition) is 3. The number of ether oxygens (including phenoxy) is 1. The van der Waals surface area contributed by atoms with Gasteiger partial charge in [0.2, 0.25) is 5.91 Å². The summed E-state index contributed by atoms with van der Waals surface area (Å²) in [6.07, 6.45) is 6.51. The Morgan fingerprint density at radius 1 is 1.29 bits per heavy atom. The van der Waals surface area contributed by atoms with Crippen molar-refractivity contribution in [2.24, 2.45) is 22.4 Å². The fourth-order valence-electron chi connectivity index (χ4n) is 4.52. The summed E-state index contributed by atoms with van der Waals surface area (Å²) in [5.41, 5.74) is 4.95. The minimum Gasteiger partial charge on any atom is -0.489 e. The van der Waals surface area contributed by atoms with Gasteiger partial charge in [-0.2, -0.15) is 5.10 Å². The highest BCUT2D eigenvalue weighted by Crippen LogP contribution is 2.66. The number of carbonyl (C=O) groups is 1. The molecule has 28 heavy (non-hydrogen) atoms. The van der Waals surface area contributed by atoms with E-state index in [2.05, 4.69) is 33.4 Å². The van der Waals surface area contributed by atoms with Crippen LogP contribution in [0.2, 0.25) is 0 Å². The molecule has 4 rings (SSSR count). The van der Waals surface area contributed by atoms with Crippen LogP contribution in [0.25, 0.3) is 0 Å². The van der Waals surface area contributed by atoms with Crippen molar-refractivity contribution in [3.63, 3.8) is 0 Å². The second-order valence-electron chi connectivity index (χ2n) is 8.06. The Labute approximate surface area is 174 Å². The molecule has 0 aliphatic heterocycles. The van der Waals surface area contributed by atoms with Crippen molar-refractivity contribution in [2.45, 2.75) is 39.2 Å². The minimum atomic E-state index is 0.0632. The highest BCUT2D eigenvalue weighted by molar-refractivity contribution is 9.10. The normalized spacial score (nSPS) is 25.9. The number of fused-ring (bicyclic) bond motifs is 1. The van der Waals surface area contributed by atoms with E-state index in [-0.39, 0.29) is 17.2 Å². The van der Waals surface area contributed by atoms with Crippen molar-refractivity contribution in [1.29, 1.82) is 0 Å². The van der Waals surface area contributed by atoms with E-state index in [4.69, 9.17) is 4.74 Å². The summed E-state index contributed by atoms with van der Waals surface area (Å²) in [6.45, 7) is 2.75. The van der Waals surface area contributed by atoms with E-state index >= 15 is 0 Å². The van der Waals surface area contributed by atoms with Crippen LogP contribution in [-0.4, -0.2) is 12.1 Å². The standard InChI is InChI=1S/C23H25BrN2O2/c1-23-12-3-2-7-20(23)21(23)22(27)26-25-14-17-5-4-6-19(13-17)28-15-16-8-10-18(24)11-9-16/h4-6,8-11,13-14,20-21H,2-3,7,12,15H2,1H3,(H,26,27)/b25-14-/t20-,21+,23-/m0/s1. The Bertz CT molecular complexity index is 880. The molecule has 4 nitrogen and oxygen atoms in total. The van der Waals surface area contributed by atoms with Crippen molar-refractivity contribution in [3.8, 4) is 5.75 Å². The van der Waals surface area contributed by atoms with Gasteiger partial charge in [0.1, 0.15) is 12.4 Å². The molecule has 2 fully saturated rings. The zero-order valence-corrected chi connectivity index (χ0v) is 17.6. The van der Waals surface area contributed by atoms with E-state index < -0.39 is 0 Å². The molecular formula is C23H25BrN2O2. The maximum absolute atomic E-state index is 12.5. The quantitative estimate of drug-likeness (QED) is 0.488. The molecule has 0 aromatic heterocycles. The lowest BCUT2D eigenvalue weighted by Crippen LogP contribution is -2.22. The van der Waals surface area contributed by atoms with Crippen molar-refractivity contribution >= 4 is 28.1 Å². The highest BCUT2D eigenvalue weighted by atomic mass is 79.9. The molecule has 146 valence electrons. The van der Waals surface area contributed by atoms with Gasteiger partial charge in [0.15, 0.2) is 0 Å². The molecular weight excluding hydrogens is 416 g/mol. The Morgan fingerprint density at radius 3 is 2.86 bits per heavy atom. The lowest BCUT2D eigenvalue weighted by molar-refractivity contribution is -0.123. The molecule has 2 aromatic rings. The first kappa shape index (κ1) is 19.2. The second-order valence-corrected chi connectivity index (χ2v) is 8.97. The SMILES string of the molecule is C[C@]12CCCC[C@H]1[C@@H]2C(=O)N/N=C\c1cccc(OCc2ccc(Br)cc2)c1. The Hall–Kier alpha value is -2.14. The molecule has 0 heterocycles. The van der Waals surface area contributed by atoms with E-state index in [9.17, 15) is 4.79 Å². The average molecular weight is 441 g/mol. The zero-order valence-electron chi connectivity index (χ0n) is 16.0. The fraction of sp³-hybridized carbons (Fsp3) is 0.391. The van der Waals surface area contributed by atoms with Gasteiger partial charge in [-0.3, -0.25) is 4.79 Å². The summed E-state index contributed by atoms with van der Waals surface area (Å²) in [6, 6.07) is 15.8. The number of rotatable bonds is 6. The van der Waals surface area contributed by atoms with Gasteiger partial charge >= 0.3 is 0 Å². The maximum atomic E-state index is 12.5. The number of halogens is 1. The van der Waals surface area contributed by atoms with Gasteiger partial charge < -0.3 is 4.74 Å². The third kappa shape index (κ3) is 4.14. The van der Waals surface area contributed by atoms with E-state index in [1.165, 1.54) is 19.3 Å². The third-order valence-corrected chi connectivity index (χ3v) is 6.71. The molecule has 0 unspecified atom stereocenters. The second kappa shape index (κ2) is 8.08. The first-order chi connectivity index (χ1) is 13.6.